The number of hydrogen-bond acceptors (Lipinski definition) is 14. The zero-order chi connectivity index (χ0) is 34.5. The van der Waals surface area contributed by atoms with Gasteiger partial charge in [0.2, 0.25) is 0 Å². The predicted octanol–water partition coefficient (Wildman–Crippen LogP) is 3.64. The van der Waals surface area contributed by atoms with E-state index in [4.69, 9.17) is 37.0 Å². The first-order valence-electron chi connectivity index (χ1n) is 16.8. The van der Waals surface area contributed by atoms with Crippen molar-refractivity contribution in [2.45, 2.75) is 40.8 Å². The van der Waals surface area contributed by atoms with Crippen molar-refractivity contribution < 1.29 is 46.2 Å². The van der Waals surface area contributed by atoms with Crippen molar-refractivity contribution in [2.24, 2.45) is 0 Å². The van der Waals surface area contributed by atoms with Gasteiger partial charge < -0.3 is 37.0 Å². The van der Waals surface area contributed by atoms with Crippen LogP contribution in [-0.2, 0) is 59.3 Å². The Hall–Kier alpha value is -1.64. The zero-order valence-corrected chi connectivity index (χ0v) is 30.7. The van der Waals surface area contributed by atoms with E-state index in [9.17, 15) is 9.13 Å². The zero-order valence-electron chi connectivity index (χ0n) is 29.0. The van der Waals surface area contributed by atoms with Gasteiger partial charge >= 0.3 is 15.2 Å². The minimum absolute atomic E-state index is 0.261. The third-order valence-corrected chi connectivity index (χ3v) is 11.1. The number of hydrogen-bond donors (Lipinski definition) is 0. The molecule has 0 atom stereocenters. The second-order valence-electron chi connectivity index (χ2n) is 10.6. The van der Waals surface area contributed by atoms with E-state index < -0.39 is 15.2 Å². The summed E-state index contributed by atoms with van der Waals surface area (Å²) in [5.74, 6) is 0. The first-order valence-corrected chi connectivity index (χ1v) is 19.9. The van der Waals surface area contributed by atoms with Crippen LogP contribution in [-0.4, -0.2) is 125 Å². The fourth-order valence-electron chi connectivity index (χ4n) is 4.85. The number of aromatic nitrogens is 2. The van der Waals surface area contributed by atoms with Gasteiger partial charge in [0.15, 0.2) is 10.9 Å². The third-order valence-electron chi connectivity index (χ3n) is 7.06. The predicted molar refractivity (Wildman–Crippen MR) is 183 cm³/mol. The van der Waals surface area contributed by atoms with E-state index in [1.54, 1.807) is 39.8 Å². The van der Waals surface area contributed by atoms with E-state index in [1.807, 2.05) is 24.3 Å². The average molecular weight is 717 g/mol. The maximum atomic E-state index is 13.3. The van der Waals surface area contributed by atoms with Crippen LogP contribution in [0.15, 0.2) is 36.4 Å². The summed E-state index contributed by atoms with van der Waals surface area (Å²) >= 11 is 0. The van der Waals surface area contributed by atoms with Crippen LogP contribution in [0.5, 0.6) is 0 Å². The lowest BCUT2D eigenvalue weighted by atomic mass is 10.3. The standard InChI is InChI=1S/C32H54N4O10P2/c1-5-43-47(37,44-6-2)31-13-9-11-29(33-31)27-35-15-19-39-23-25-41-21-17-36(18-22-42-26-24-40-20-16-35)28-30-12-10-14-32(34-30)48(38,45-7-3)46-8-4/h9-14H,5-8,15-28H2,1-4H3. The second-order valence-corrected chi connectivity index (χ2v) is 14.6. The van der Waals surface area contributed by atoms with Crippen LogP contribution in [0, 0.1) is 0 Å². The van der Waals surface area contributed by atoms with Crippen LogP contribution >= 0.6 is 15.2 Å². The summed E-state index contributed by atoms with van der Waals surface area (Å²) in [5, 5.41) is 0. The Morgan fingerprint density at radius 1 is 0.542 bits per heavy atom. The van der Waals surface area contributed by atoms with Gasteiger partial charge in [0.25, 0.3) is 0 Å². The van der Waals surface area contributed by atoms with E-state index >= 15 is 0 Å². The summed E-state index contributed by atoms with van der Waals surface area (Å²) in [5.41, 5.74) is 2.13. The van der Waals surface area contributed by atoms with Gasteiger partial charge in [0, 0.05) is 39.3 Å². The molecule has 48 heavy (non-hydrogen) atoms. The van der Waals surface area contributed by atoms with Crippen molar-refractivity contribution in [3.8, 4) is 0 Å². The molecule has 14 nitrogen and oxygen atoms in total. The van der Waals surface area contributed by atoms with Crippen molar-refractivity contribution in [1.29, 1.82) is 0 Å². The second kappa shape index (κ2) is 23.0. The summed E-state index contributed by atoms with van der Waals surface area (Å²) in [4.78, 5) is 13.6. The number of ether oxygens (including phenoxy) is 4. The van der Waals surface area contributed by atoms with Gasteiger partial charge in [-0.15, -0.1) is 0 Å². The van der Waals surface area contributed by atoms with Crippen LogP contribution < -0.4 is 10.9 Å². The summed E-state index contributed by atoms with van der Waals surface area (Å²) in [6.07, 6.45) is 0. The normalized spacial score (nSPS) is 17.9. The molecule has 0 aromatic carbocycles. The van der Waals surface area contributed by atoms with Crippen LogP contribution in [0.1, 0.15) is 39.1 Å². The van der Waals surface area contributed by atoms with E-state index in [0.29, 0.717) is 103 Å². The molecule has 0 unspecified atom stereocenters. The molecule has 2 aromatic rings. The van der Waals surface area contributed by atoms with Gasteiger partial charge in [-0.1, -0.05) is 12.1 Å². The Labute approximate surface area is 285 Å². The molecule has 1 aliphatic rings. The van der Waals surface area contributed by atoms with Gasteiger partial charge in [-0.05, 0) is 52.0 Å². The highest BCUT2D eigenvalue weighted by Gasteiger charge is 2.30. The smallest absolute Gasteiger partial charge is 0.378 e. The molecule has 2 aromatic heterocycles. The molecule has 0 aliphatic carbocycles. The van der Waals surface area contributed by atoms with Gasteiger partial charge in [0.05, 0.1) is 90.7 Å². The summed E-state index contributed by atoms with van der Waals surface area (Å²) in [6, 6.07) is 10.8. The molecule has 0 saturated carbocycles. The summed E-state index contributed by atoms with van der Waals surface area (Å²) in [6.45, 7) is 15.7. The lowest BCUT2D eigenvalue weighted by Crippen LogP contribution is -2.33. The van der Waals surface area contributed by atoms with E-state index in [1.165, 1.54) is 0 Å². The Kier molecular flexibility index (Phi) is 19.5. The highest BCUT2D eigenvalue weighted by Crippen LogP contribution is 2.46. The molecule has 3 rings (SSSR count). The highest BCUT2D eigenvalue weighted by atomic mass is 31.2. The molecule has 0 radical (unpaired) electrons. The minimum atomic E-state index is -3.48. The topological polar surface area (TPSA) is 140 Å². The van der Waals surface area contributed by atoms with E-state index in [0.717, 1.165) is 11.4 Å². The molecular weight excluding hydrogens is 662 g/mol. The quantitative estimate of drug-likeness (QED) is 0.263. The fourth-order valence-corrected chi connectivity index (χ4v) is 7.93. The number of pyridine rings is 2. The van der Waals surface area contributed by atoms with Crippen molar-refractivity contribution in [1.82, 2.24) is 19.8 Å². The maximum Gasteiger partial charge on any atom is 0.379 e. The molecular formula is C32H54N4O10P2. The molecule has 0 bridgehead atoms. The maximum absolute atomic E-state index is 13.3. The molecule has 0 N–H and O–H groups in total. The SMILES string of the molecule is CCOP(=O)(OCC)c1cccc(CN2CCOCCOCCN(Cc3cccc(P(=O)(OCC)OCC)n3)CCOCCOCC2)n1. The Morgan fingerprint density at radius 3 is 1.15 bits per heavy atom. The van der Waals surface area contributed by atoms with E-state index in [-0.39, 0.29) is 26.4 Å². The van der Waals surface area contributed by atoms with Gasteiger partial charge in [-0.3, -0.25) is 18.9 Å². The van der Waals surface area contributed by atoms with Crippen LogP contribution in [0.3, 0.4) is 0 Å². The molecule has 0 amide bonds. The molecule has 272 valence electrons. The van der Waals surface area contributed by atoms with Crippen molar-refractivity contribution in [3.05, 3.63) is 47.8 Å². The average Bonchev–Trinajstić information content (AvgIpc) is 3.07. The molecule has 16 heteroatoms. The Morgan fingerprint density at radius 2 is 0.854 bits per heavy atom. The minimum Gasteiger partial charge on any atom is -0.378 e. The molecule has 1 aliphatic heterocycles. The van der Waals surface area contributed by atoms with Crippen LogP contribution in [0.4, 0.5) is 0 Å². The van der Waals surface area contributed by atoms with Crippen LogP contribution in [0.25, 0.3) is 0 Å². The lowest BCUT2D eigenvalue weighted by Gasteiger charge is -2.24. The summed E-state index contributed by atoms with van der Waals surface area (Å²) in [7, 11) is -6.96. The van der Waals surface area contributed by atoms with Crippen molar-refractivity contribution in [3.63, 3.8) is 0 Å². The molecule has 3 heterocycles. The lowest BCUT2D eigenvalue weighted by molar-refractivity contribution is 0.00600. The monoisotopic (exact) mass is 716 g/mol. The number of nitrogens with zero attached hydrogens (tertiary/aromatic N) is 4. The van der Waals surface area contributed by atoms with Crippen LogP contribution in [0.2, 0.25) is 0 Å². The first kappa shape index (κ1) is 40.8. The summed E-state index contributed by atoms with van der Waals surface area (Å²) < 4.78 is 72.0. The Balaban J connectivity index is 1.54. The first-order chi connectivity index (χ1) is 23.4. The number of rotatable bonds is 14. The molecule has 0 spiro atoms. The highest BCUT2D eigenvalue weighted by molar-refractivity contribution is 7.62. The fraction of sp³-hybridized carbons (Fsp3) is 0.688. The Bertz CT molecular complexity index is 1140. The molecule has 1 saturated heterocycles. The van der Waals surface area contributed by atoms with Gasteiger partial charge in [-0.25, -0.2) is 9.97 Å². The van der Waals surface area contributed by atoms with E-state index in [2.05, 4.69) is 19.8 Å². The third kappa shape index (κ3) is 14.3. The molecule has 1 fully saturated rings. The van der Waals surface area contributed by atoms with Crippen molar-refractivity contribution in [2.75, 3.05) is 105 Å². The van der Waals surface area contributed by atoms with Crippen molar-refractivity contribution >= 4 is 26.1 Å². The largest absolute Gasteiger partial charge is 0.379 e. The van der Waals surface area contributed by atoms with Gasteiger partial charge in [-0.2, -0.15) is 0 Å². The van der Waals surface area contributed by atoms with Gasteiger partial charge in [0.1, 0.15) is 0 Å².